The topological polar surface area (TPSA) is 32.7 Å². The number of rotatable bonds is 2. The van der Waals surface area contributed by atoms with Crippen LogP contribution >= 0.6 is 0 Å². The van der Waals surface area contributed by atoms with E-state index in [0.717, 1.165) is 38.9 Å². The van der Waals surface area contributed by atoms with E-state index in [1.807, 2.05) is 0 Å². The molecule has 2 aliphatic rings. The largest absolute Gasteiger partial charge is 0.390 e. The van der Waals surface area contributed by atoms with Crippen molar-refractivity contribution in [2.45, 2.75) is 64.1 Å². The molecule has 0 amide bonds. The maximum Gasteiger partial charge on any atom is 0.0679 e. The van der Waals surface area contributed by atoms with Crippen molar-refractivity contribution in [3.63, 3.8) is 0 Å². The van der Waals surface area contributed by atoms with E-state index in [1.165, 1.54) is 0 Å². The van der Waals surface area contributed by atoms with E-state index >= 15 is 0 Å². The number of aliphatic hydroxyl groups is 1. The molecule has 2 aliphatic heterocycles. The minimum absolute atomic E-state index is 0.310. The molecule has 2 saturated heterocycles. The van der Waals surface area contributed by atoms with Gasteiger partial charge >= 0.3 is 0 Å². The Morgan fingerprint density at radius 3 is 2.24 bits per heavy atom. The minimum Gasteiger partial charge on any atom is -0.390 e. The molecule has 100 valence electrons. The SMILES string of the molecule is CN1C2COCC1CC(O)(CCC(C)(C)C)C2. The Hall–Kier alpha value is -0.120. The molecule has 3 nitrogen and oxygen atoms in total. The first kappa shape index (κ1) is 13.3. The summed E-state index contributed by atoms with van der Waals surface area (Å²) >= 11 is 0. The van der Waals surface area contributed by atoms with Crippen LogP contribution in [0.25, 0.3) is 0 Å². The van der Waals surface area contributed by atoms with Crippen molar-refractivity contribution in [1.82, 2.24) is 4.90 Å². The molecule has 0 aromatic carbocycles. The lowest BCUT2D eigenvalue weighted by Crippen LogP contribution is -2.60. The highest BCUT2D eigenvalue weighted by atomic mass is 16.5. The van der Waals surface area contributed by atoms with Crippen molar-refractivity contribution in [3.05, 3.63) is 0 Å². The third-order valence-electron chi connectivity index (χ3n) is 4.34. The van der Waals surface area contributed by atoms with Gasteiger partial charge in [0.2, 0.25) is 0 Å². The van der Waals surface area contributed by atoms with Crippen LogP contribution < -0.4 is 0 Å². The summed E-state index contributed by atoms with van der Waals surface area (Å²) in [6.45, 7) is 8.30. The maximum atomic E-state index is 10.8. The van der Waals surface area contributed by atoms with E-state index in [9.17, 15) is 5.11 Å². The van der Waals surface area contributed by atoms with Crippen LogP contribution in [0.15, 0.2) is 0 Å². The molecule has 0 aromatic rings. The van der Waals surface area contributed by atoms with Crippen LogP contribution in [0.2, 0.25) is 0 Å². The Morgan fingerprint density at radius 2 is 1.76 bits per heavy atom. The third-order valence-corrected chi connectivity index (χ3v) is 4.34. The number of ether oxygens (including phenoxy) is 1. The number of fused-ring (bicyclic) bond motifs is 2. The Bertz CT molecular complexity index is 258. The van der Waals surface area contributed by atoms with E-state index in [4.69, 9.17) is 4.74 Å². The monoisotopic (exact) mass is 241 g/mol. The summed E-state index contributed by atoms with van der Waals surface area (Å²) in [5.41, 5.74) is -0.149. The van der Waals surface area contributed by atoms with Crippen LogP contribution in [0, 0.1) is 5.41 Å². The summed E-state index contributed by atoms with van der Waals surface area (Å²) in [6.07, 6.45) is 3.76. The molecule has 17 heavy (non-hydrogen) atoms. The van der Waals surface area contributed by atoms with Gasteiger partial charge in [0, 0.05) is 12.1 Å². The van der Waals surface area contributed by atoms with E-state index in [0.29, 0.717) is 17.5 Å². The lowest BCUT2D eigenvalue weighted by atomic mass is 9.75. The zero-order valence-electron chi connectivity index (χ0n) is 11.7. The molecule has 0 aromatic heterocycles. The van der Waals surface area contributed by atoms with Crippen LogP contribution in [0.4, 0.5) is 0 Å². The summed E-state index contributed by atoms with van der Waals surface area (Å²) in [4.78, 5) is 2.40. The van der Waals surface area contributed by atoms with Gasteiger partial charge in [0.15, 0.2) is 0 Å². The van der Waals surface area contributed by atoms with E-state index in [2.05, 4.69) is 32.7 Å². The fourth-order valence-electron chi connectivity index (χ4n) is 3.05. The first-order valence-corrected chi connectivity index (χ1v) is 6.81. The lowest BCUT2D eigenvalue weighted by molar-refractivity contribution is -0.138. The predicted octanol–water partition coefficient (Wildman–Crippen LogP) is 2.04. The smallest absolute Gasteiger partial charge is 0.0679 e. The number of likely N-dealkylation sites (N-methyl/N-ethyl adjacent to an activating group) is 1. The summed E-state index contributed by atoms with van der Waals surface area (Å²) in [5.74, 6) is 0. The molecule has 2 atom stereocenters. The van der Waals surface area contributed by atoms with Crippen LogP contribution in [0.1, 0.15) is 46.5 Å². The third kappa shape index (κ3) is 3.21. The molecule has 2 heterocycles. The number of morpholine rings is 1. The standard InChI is InChI=1S/C14H27NO2/c1-13(2,3)5-6-14(16)7-11-9-17-10-12(8-14)15(11)4/h11-12,16H,5-10H2,1-4H3. The van der Waals surface area contributed by atoms with E-state index < -0.39 is 5.60 Å². The molecule has 2 rings (SSSR count). The molecule has 1 N–H and O–H groups in total. The average molecular weight is 241 g/mol. The van der Waals surface area contributed by atoms with E-state index in [1.54, 1.807) is 0 Å². The van der Waals surface area contributed by atoms with Crippen LogP contribution in [0.5, 0.6) is 0 Å². The van der Waals surface area contributed by atoms with Gasteiger partial charge < -0.3 is 9.84 Å². The first-order valence-electron chi connectivity index (χ1n) is 6.81. The van der Waals surface area contributed by atoms with Crippen molar-refractivity contribution in [1.29, 1.82) is 0 Å². The zero-order chi connectivity index (χ0) is 12.7. The number of hydrogen-bond acceptors (Lipinski definition) is 3. The van der Waals surface area contributed by atoms with Gasteiger partial charge in [-0.05, 0) is 38.1 Å². The molecular weight excluding hydrogens is 214 g/mol. The highest BCUT2D eigenvalue weighted by molar-refractivity contribution is 4.98. The Kier molecular flexibility index (Phi) is 3.54. The second kappa shape index (κ2) is 4.52. The molecule has 2 fully saturated rings. The molecular formula is C14H27NO2. The highest BCUT2D eigenvalue weighted by Gasteiger charge is 2.44. The summed E-state index contributed by atoms with van der Waals surface area (Å²) < 4.78 is 5.59. The Labute approximate surface area is 105 Å². The van der Waals surface area contributed by atoms with Gasteiger partial charge in [-0.25, -0.2) is 0 Å². The molecule has 3 heteroatoms. The number of hydrogen-bond donors (Lipinski definition) is 1. The van der Waals surface area contributed by atoms with Gasteiger partial charge in [-0.15, -0.1) is 0 Å². The number of nitrogens with zero attached hydrogens (tertiary/aromatic N) is 1. The Morgan fingerprint density at radius 1 is 1.24 bits per heavy atom. The molecule has 0 aliphatic carbocycles. The zero-order valence-corrected chi connectivity index (χ0v) is 11.7. The van der Waals surface area contributed by atoms with Gasteiger partial charge in [-0.1, -0.05) is 20.8 Å². The lowest BCUT2D eigenvalue weighted by Gasteiger charge is -2.50. The van der Waals surface area contributed by atoms with E-state index in [-0.39, 0.29) is 0 Å². The maximum absolute atomic E-state index is 10.8. The van der Waals surface area contributed by atoms with Crippen LogP contribution in [0.3, 0.4) is 0 Å². The van der Waals surface area contributed by atoms with Crippen molar-refractivity contribution in [3.8, 4) is 0 Å². The summed E-state index contributed by atoms with van der Waals surface area (Å²) in [6, 6.07) is 0.819. The van der Waals surface area contributed by atoms with Crippen molar-refractivity contribution >= 4 is 0 Å². The minimum atomic E-state index is -0.459. The van der Waals surface area contributed by atoms with Crippen molar-refractivity contribution < 1.29 is 9.84 Å². The van der Waals surface area contributed by atoms with Gasteiger partial charge in [0.25, 0.3) is 0 Å². The van der Waals surface area contributed by atoms with Gasteiger partial charge in [-0.3, -0.25) is 4.90 Å². The van der Waals surface area contributed by atoms with Crippen molar-refractivity contribution in [2.75, 3.05) is 20.3 Å². The fourth-order valence-corrected chi connectivity index (χ4v) is 3.05. The first-order chi connectivity index (χ1) is 7.79. The molecule has 2 unspecified atom stereocenters. The normalized spacial score (nSPS) is 39.4. The molecule has 0 radical (unpaired) electrons. The second-order valence-electron chi connectivity index (χ2n) is 7.20. The molecule has 2 bridgehead atoms. The van der Waals surface area contributed by atoms with Crippen LogP contribution in [-0.4, -0.2) is 48.0 Å². The highest BCUT2D eigenvalue weighted by Crippen LogP contribution is 2.38. The Balaban J connectivity index is 1.97. The molecule has 0 saturated carbocycles. The summed E-state index contributed by atoms with van der Waals surface area (Å²) in [5, 5.41) is 10.8. The average Bonchev–Trinajstić information content (AvgIpc) is 2.17. The van der Waals surface area contributed by atoms with Crippen molar-refractivity contribution in [2.24, 2.45) is 5.41 Å². The molecule has 0 spiro atoms. The van der Waals surface area contributed by atoms with Gasteiger partial charge in [-0.2, -0.15) is 0 Å². The van der Waals surface area contributed by atoms with Gasteiger partial charge in [0.05, 0.1) is 18.8 Å². The second-order valence-corrected chi connectivity index (χ2v) is 7.20. The number of piperidine rings is 1. The fraction of sp³-hybridized carbons (Fsp3) is 1.00. The summed E-state index contributed by atoms with van der Waals surface area (Å²) in [7, 11) is 2.17. The van der Waals surface area contributed by atoms with Crippen LogP contribution in [-0.2, 0) is 4.74 Å². The predicted molar refractivity (Wildman–Crippen MR) is 69.0 cm³/mol. The quantitative estimate of drug-likeness (QED) is 0.803. The van der Waals surface area contributed by atoms with Gasteiger partial charge in [0.1, 0.15) is 0 Å².